The van der Waals surface area contributed by atoms with Gasteiger partial charge in [0.2, 0.25) is 0 Å². The van der Waals surface area contributed by atoms with Gasteiger partial charge >= 0.3 is 0 Å². The molecule has 0 saturated heterocycles. The van der Waals surface area contributed by atoms with Gasteiger partial charge in [-0.25, -0.2) is 15.0 Å². The summed E-state index contributed by atoms with van der Waals surface area (Å²) in [6.45, 7) is 0. The van der Waals surface area contributed by atoms with Crippen LogP contribution < -0.4 is 0 Å². The van der Waals surface area contributed by atoms with E-state index in [-0.39, 0.29) is 0 Å². The molecule has 0 aliphatic heterocycles. The molecule has 4 aromatic rings. The molecule has 4 heterocycles. The smallest absolute Gasteiger partial charge is 0.168 e. The Balaban J connectivity index is 1.84. The van der Waals surface area contributed by atoms with E-state index < -0.39 is 0 Å². The highest BCUT2D eigenvalue weighted by Gasteiger charge is 2.13. The predicted molar refractivity (Wildman–Crippen MR) is 79.4 cm³/mol. The van der Waals surface area contributed by atoms with Crippen LogP contribution in [0.1, 0.15) is 0 Å². The number of hydrogen-bond acceptors (Lipinski definition) is 4. The third kappa shape index (κ3) is 1.65. The molecule has 0 aliphatic rings. The van der Waals surface area contributed by atoms with Crippen LogP contribution in [0, 0.1) is 0 Å². The number of fused-ring (bicyclic) bond motifs is 1. The summed E-state index contributed by atoms with van der Waals surface area (Å²) in [6, 6.07) is 3.99. The summed E-state index contributed by atoms with van der Waals surface area (Å²) in [5, 5.41) is 4.06. The first-order valence-electron chi connectivity index (χ1n) is 6.18. The van der Waals surface area contributed by atoms with Crippen molar-refractivity contribution in [1.29, 1.82) is 0 Å². The summed E-state index contributed by atoms with van der Waals surface area (Å²) < 4.78 is 1.97. The van der Waals surface area contributed by atoms with Crippen molar-refractivity contribution in [3.8, 4) is 22.1 Å². The highest BCUT2D eigenvalue weighted by molar-refractivity contribution is 7.13. The highest BCUT2D eigenvalue weighted by atomic mass is 32.1. The van der Waals surface area contributed by atoms with Crippen LogP contribution in [0.5, 0.6) is 0 Å². The number of aryl methyl sites for hydroxylation is 1. The molecule has 0 aliphatic carbocycles. The average molecular weight is 281 g/mol. The van der Waals surface area contributed by atoms with Crippen molar-refractivity contribution >= 4 is 22.4 Å². The maximum Gasteiger partial charge on any atom is 0.168 e. The number of aromatic amines is 1. The van der Waals surface area contributed by atoms with Gasteiger partial charge in [-0.05, 0) is 12.1 Å². The van der Waals surface area contributed by atoms with Crippen molar-refractivity contribution in [3.63, 3.8) is 0 Å². The number of thiazole rings is 1. The zero-order valence-corrected chi connectivity index (χ0v) is 11.6. The van der Waals surface area contributed by atoms with Crippen LogP contribution in [0.15, 0.2) is 42.3 Å². The number of nitrogens with one attached hydrogen (secondary N) is 1. The number of nitrogens with zero attached hydrogens (tertiary/aromatic N) is 4. The predicted octanol–water partition coefficient (Wildman–Crippen LogP) is 3.09. The van der Waals surface area contributed by atoms with Crippen LogP contribution in [0.3, 0.4) is 0 Å². The fourth-order valence-corrected chi connectivity index (χ4v) is 3.10. The molecule has 0 bridgehead atoms. The Morgan fingerprint density at radius 1 is 1.25 bits per heavy atom. The lowest BCUT2D eigenvalue weighted by atomic mass is 10.2. The Kier molecular flexibility index (Phi) is 2.43. The summed E-state index contributed by atoms with van der Waals surface area (Å²) in [4.78, 5) is 16.5. The third-order valence-electron chi connectivity index (χ3n) is 3.24. The number of rotatable bonds is 2. The quantitative estimate of drug-likeness (QED) is 0.614. The van der Waals surface area contributed by atoms with Crippen LogP contribution in [0.25, 0.3) is 33.1 Å². The summed E-state index contributed by atoms with van der Waals surface area (Å²) in [6.07, 6.45) is 7.44. The van der Waals surface area contributed by atoms with Crippen LogP contribution in [-0.2, 0) is 7.05 Å². The molecule has 0 saturated carbocycles. The van der Waals surface area contributed by atoms with Gasteiger partial charge in [0.25, 0.3) is 0 Å². The van der Waals surface area contributed by atoms with Gasteiger partial charge in [-0.3, -0.25) is 0 Å². The number of aromatic nitrogens is 5. The van der Waals surface area contributed by atoms with Crippen molar-refractivity contribution < 1.29 is 0 Å². The van der Waals surface area contributed by atoms with Gasteiger partial charge in [-0.2, -0.15) is 0 Å². The van der Waals surface area contributed by atoms with E-state index in [4.69, 9.17) is 4.98 Å². The van der Waals surface area contributed by atoms with Crippen LogP contribution in [-0.4, -0.2) is 24.5 Å². The molecule has 20 heavy (non-hydrogen) atoms. The Labute approximate surface area is 119 Å². The number of imidazole rings is 1. The van der Waals surface area contributed by atoms with Gasteiger partial charge in [0.15, 0.2) is 10.8 Å². The standard InChI is InChI=1S/C14H11N5S/c1-19-6-5-16-13(19)14-18-11(8-20-14)10-7-17-12-9(10)3-2-4-15-12/h2-8H,1H3,(H,15,17). The molecule has 0 aromatic carbocycles. The van der Waals surface area contributed by atoms with Crippen molar-refractivity contribution in [1.82, 2.24) is 24.5 Å². The Bertz CT molecular complexity index is 886. The molecular weight excluding hydrogens is 270 g/mol. The molecule has 98 valence electrons. The van der Waals surface area contributed by atoms with Gasteiger partial charge in [0.1, 0.15) is 5.65 Å². The van der Waals surface area contributed by atoms with Crippen molar-refractivity contribution in [2.45, 2.75) is 0 Å². The maximum absolute atomic E-state index is 4.69. The molecule has 5 nitrogen and oxygen atoms in total. The maximum atomic E-state index is 4.69. The lowest BCUT2D eigenvalue weighted by Crippen LogP contribution is -1.90. The number of hydrogen-bond donors (Lipinski definition) is 1. The monoisotopic (exact) mass is 281 g/mol. The van der Waals surface area contributed by atoms with Crippen molar-refractivity contribution in [2.24, 2.45) is 7.05 Å². The minimum Gasteiger partial charge on any atom is -0.345 e. The second-order valence-electron chi connectivity index (χ2n) is 4.50. The van der Waals surface area contributed by atoms with Crippen LogP contribution in [0.4, 0.5) is 0 Å². The Morgan fingerprint density at radius 3 is 3.05 bits per heavy atom. The van der Waals surface area contributed by atoms with E-state index >= 15 is 0 Å². The molecule has 4 aromatic heterocycles. The van der Waals surface area contributed by atoms with Crippen LogP contribution >= 0.6 is 11.3 Å². The first kappa shape index (κ1) is 11.4. The molecule has 0 radical (unpaired) electrons. The van der Waals surface area contributed by atoms with E-state index in [0.29, 0.717) is 0 Å². The largest absolute Gasteiger partial charge is 0.345 e. The Hall–Kier alpha value is -2.47. The van der Waals surface area contributed by atoms with Crippen molar-refractivity contribution in [3.05, 3.63) is 42.3 Å². The third-order valence-corrected chi connectivity index (χ3v) is 4.08. The van der Waals surface area contributed by atoms with E-state index in [1.807, 2.05) is 36.1 Å². The number of pyridine rings is 1. The summed E-state index contributed by atoms with van der Waals surface area (Å²) in [5.41, 5.74) is 2.91. The van der Waals surface area contributed by atoms with Gasteiger partial charge in [0.05, 0.1) is 5.69 Å². The molecule has 6 heteroatoms. The second kappa shape index (κ2) is 4.28. The summed E-state index contributed by atoms with van der Waals surface area (Å²) in [5.74, 6) is 0.888. The van der Waals surface area contributed by atoms with Gasteiger partial charge in [-0.1, -0.05) is 0 Å². The van der Waals surface area contributed by atoms with E-state index in [9.17, 15) is 0 Å². The van der Waals surface area contributed by atoms with Gasteiger partial charge in [-0.15, -0.1) is 11.3 Å². The molecular formula is C14H11N5S. The first-order chi connectivity index (χ1) is 9.83. The molecule has 0 spiro atoms. The first-order valence-corrected chi connectivity index (χ1v) is 7.06. The fraction of sp³-hybridized carbons (Fsp3) is 0.0714. The van der Waals surface area contributed by atoms with Crippen molar-refractivity contribution in [2.75, 3.05) is 0 Å². The summed E-state index contributed by atoms with van der Waals surface area (Å²) in [7, 11) is 1.97. The zero-order valence-electron chi connectivity index (χ0n) is 10.7. The SMILES string of the molecule is Cn1ccnc1-c1nc(-c2c[nH]c3ncccc23)cs1. The normalized spacial score (nSPS) is 11.2. The van der Waals surface area contributed by atoms with Crippen LogP contribution in [0.2, 0.25) is 0 Å². The lowest BCUT2D eigenvalue weighted by molar-refractivity contribution is 0.923. The number of H-pyrrole nitrogens is 1. The minimum atomic E-state index is 0.883. The molecule has 0 atom stereocenters. The molecule has 1 N–H and O–H groups in total. The summed E-state index contributed by atoms with van der Waals surface area (Å²) >= 11 is 1.60. The zero-order chi connectivity index (χ0) is 13.5. The average Bonchev–Trinajstić information content (AvgIpc) is 3.15. The highest BCUT2D eigenvalue weighted by Crippen LogP contribution is 2.31. The topological polar surface area (TPSA) is 59.4 Å². The van der Waals surface area contributed by atoms with Gasteiger partial charge < -0.3 is 9.55 Å². The minimum absolute atomic E-state index is 0.883. The van der Waals surface area contributed by atoms with E-state index in [0.717, 1.165) is 33.1 Å². The molecule has 0 fully saturated rings. The molecule has 0 amide bonds. The lowest BCUT2D eigenvalue weighted by Gasteiger charge is -1.96. The van der Waals surface area contributed by atoms with E-state index in [2.05, 4.69) is 20.3 Å². The van der Waals surface area contributed by atoms with Gasteiger partial charge in [0, 0.05) is 48.2 Å². The van der Waals surface area contributed by atoms with E-state index in [1.165, 1.54) is 0 Å². The fourth-order valence-electron chi connectivity index (χ4n) is 2.24. The van der Waals surface area contributed by atoms with E-state index in [1.54, 1.807) is 23.7 Å². The second-order valence-corrected chi connectivity index (χ2v) is 5.36. The molecule has 4 rings (SSSR count). The Morgan fingerprint density at radius 2 is 2.20 bits per heavy atom. The molecule has 0 unspecified atom stereocenters.